The van der Waals surface area contributed by atoms with Crippen molar-refractivity contribution in [1.29, 1.82) is 0 Å². The van der Waals surface area contributed by atoms with Crippen molar-refractivity contribution < 1.29 is 5.11 Å². The Balaban J connectivity index is 2.91. The van der Waals surface area contributed by atoms with Gasteiger partial charge in [0.25, 0.3) is 0 Å². The van der Waals surface area contributed by atoms with E-state index in [0.29, 0.717) is 5.46 Å². The highest BCUT2D eigenvalue weighted by atomic mass is 16.3. The first-order chi connectivity index (χ1) is 5.79. The SMILES string of the molecule is [B]c1c(O)ccc2ncccc12. The Bertz CT molecular complexity index is 428. The molecule has 2 nitrogen and oxygen atoms in total. The van der Waals surface area contributed by atoms with Crippen LogP contribution in [0.1, 0.15) is 0 Å². The fourth-order valence-corrected chi connectivity index (χ4v) is 1.16. The number of aromatic hydroxyl groups is 1. The predicted octanol–water partition coefficient (Wildman–Crippen LogP) is 0.734. The number of pyridine rings is 1. The third-order valence-corrected chi connectivity index (χ3v) is 1.80. The average Bonchev–Trinajstić information content (AvgIpc) is 2.12. The van der Waals surface area contributed by atoms with E-state index in [1.54, 1.807) is 24.4 Å². The van der Waals surface area contributed by atoms with Crippen molar-refractivity contribution in [2.24, 2.45) is 0 Å². The fraction of sp³-hybridized carbons (Fsp3) is 0. The molecule has 1 aromatic heterocycles. The Labute approximate surface area is 71.3 Å². The van der Waals surface area contributed by atoms with Gasteiger partial charge in [0.05, 0.1) is 5.52 Å². The summed E-state index contributed by atoms with van der Waals surface area (Å²) in [6.45, 7) is 0. The topological polar surface area (TPSA) is 33.1 Å². The molecule has 0 spiro atoms. The molecule has 1 N–H and O–H groups in total. The Morgan fingerprint density at radius 2 is 2.08 bits per heavy atom. The lowest BCUT2D eigenvalue weighted by Gasteiger charge is -2.02. The Morgan fingerprint density at radius 1 is 1.25 bits per heavy atom. The van der Waals surface area contributed by atoms with Gasteiger partial charge in [-0.25, -0.2) is 0 Å². The second-order valence-electron chi connectivity index (χ2n) is 2.57. The molecule has 0 bridgehead atoms. The van der Waals surface area contributed by atoms with E-state index in [-0.39, 0.29) is 5.75 Å². The first kappa shape index (κ1) is 7.16. The van der Waals surface area contributed by atoms with E-state index in [0.717, 1.165) is 10.9 Å². The number of hydrogen-bond acceptors (Lipinski definition) is 2. The molecule has 3 heteroatoms. The number of rotatable bonds is 0. The summed E-state index contributed by atoms with van der Waals surface area (Å²) < 4.78 is 0. The van der Waals surface area contributed by atoms with Gasteiger partial charge in [0.2, 0.25) is 0 Å². The Hall–Kier alpha value is -1.51. The van der Waals surface area contributed by atoms with E-state index in [4.69, 9.17) is 7.85 Å². The van der Waals surface area contributed by atoms with Crippen molar-refractivity contribution in [3.8, 4) is 5.75 Å². The first-order valence-corrected chi connectivity index (χ1v) is 3.61. The molecule has 0 amide bonds. The van der Waals surface area contributed by atoms with Crippen LogP contribution >= 0.6 is 0 Å². The minimum absolute atomic E-state index is 0.107. The molecule has 2 rings (SSSR count). The molecule has 0 aliphatic rings. The molecule has 0 atom stereocenters. The van der Waals surface area contributed by atoms with Crippen LogP contribution in [0.25, 0.3) is 10.9 Å². The van der Waals surface area contributed by atoms with Crippen molar-refractivity contribution in [3.63, 3.8) is 0 Å². The summed E-state index contributed by atoms with van der Waals surface area (Å²) in [7, 11) is 5.63. The molecule has 2 aromatic rings. The maximum absolute atomic E-state index is 9.26. The summed E-state index contributed by atoms with van der Waals surface area (Å²) in [6.07, 6.45) is 1.69. The molecule has 0 saturated carbocycles. The highest BCUT2D eigenvalue weighted by molar-refractivity contribution is 6.40. The van der Waals surface area contributed by atoms with Gasteiger partial charge in [0, 0.05) is 6.20 Å². The van der Waals surface area contributed by atoms with E-state index in [1.807, 2.05) is 6.07 Å². The van der Waals surface area contributed by atoms with Gasteiger partial charge in [0.15, 0.2) is 0 Å². The third-order valence-electron chi connectivity index (χ3n) is 1.80. The number of fused-ring (bicyclic) bond motifs is 1. The second-order valence-corrected chi connectivity index (χ2v) is 2.57. The highest BCUT2D eigenvalue weighted by Crippen LogP contribution is 2.13. The zero-order valence-corrected chi connectivity index (χ0v) is 6.36. The van der Waals surface area contributed by atoms with Gasteiger partial charge in [-0.05, 0) is 29.0 Å². The lowest BCUT2D eigenvalue weighted by atomic mass is 9.91. The number of aromatic nitrogens is 1. The van der Waals surface area contributed by atoms with Crippen LogP contribution in [0.15, 0.2) is 30.5 Å². The van der Waals surface area contributed by atoms with Gasteiger partial charge >= 0.3 is 0 Å². The molecule has 2 radical (unpaired) electrons. The van der Waals surface area contributed by atoms with Crippen LogP contribution in [-0.4, -0.2) is 17.9 Å². The van der Waals surface area contributed by atoms with E-state index < -0.39 is 0 Å². The summed E-state index contributed by atoms with van der Waals surface area (Å²) in [5.74, 6) is 0.107. The minimum atomic E-state index is 0.107. The summed E-state index contributed by atoms with van der Waals surface area (Å²) >= 11 is 0. The molecule has 0 fully saturated rings. The van der Waals surface area contributed by atoms with Crippen LogP contribution in [0.3, 0.4) is 0 Å². The molecule has 1 heterocycles. The number of hydrogen-bond donors (Lipinski definition) is 1. The van der Waals surface area contributed by atoms with Crippen LogP contribution < -0.4 is 5.46 Å². The quantitative estimate of drug-likeness (QED) is 0.569. The maximum Gasteiger partial charge on any atom is 0.119 e. The second kappa shape index (κ2) is 2.52. The third kappa shape index (κ3) is 0.943. The first-order valence-electron chi connectivity index (χ1n) is 3.61. The van der Waals surface area contributed by atoms with Crippen molar-refractivity contribution in [1.82, 2.24) is 4.98 Å². The lowest BCUT2D eigenvalue weighted by molar-refractivity contribution is 0.480. The number of nitrogens with zero attached hydrogens (tertiary/aromatic N) is 1. The molecule has 0 aliphatic heterocycles. The molecular formula is C9H6BNO. The monoisotopic (exact) mass is 155 g/mol. The zero-order valence-electron chi connectivity index (χ0n) is 6.36. The molecule has 56 valence electrons. The van der Waals surface area contributed by atoms with Crippen LogP contribution in [0.5, 0.6) is 5.75 Å². The molecule has 0 aliphatic carbocycles. The zero-order chi connectivity index (χ0) is 8.55. The summed E-state index contributed by atoms with van der Waals surface area (Å²) in [6, 6.07) is 6.90. The van der Waals surface area contributed by atoms with Gasteiger partial charge in [-0.2, -0.15) is 0 Å². The highest BCUT2D eigenvalue weighted by Gasteiger charge is 2.00. The van der Waals surface area contributed by atoms with Gasteiger partial charge in [0.1, 0.15) is 13.6 Å². The molecular weight excluding hydrogens is 149 g/mol. The van der Waals surface area contributed by atoms with Crippen molar-refractivity contribution in [2.45, 2.75) is 0 Å². The predicted molar refractivity (Wildman–Crippen MR) is 48.8 cm³/mol. The summed E-state index contributed by atoms with van der Waals surface area (Å²) in [5, 5.41) is 10.1. The summed E-state index contributed by atoms with van der Waals surface area (Å²) in [5.41, 5.74) is 1.19. The van der Waals surface area contributed by atoms with Crippen LogP contribution in [0.4, 0.5) is 0 Å². The molecule has 0 saturated heterocycles. The van der Waals surface area contributed by atoms with E-state index in [1.165, 1.54) is 0 Å². The Kier molecular flexibility index (Phi) is 1.50. The normalized spacial score (nSPS) is 10.3. The van der Waals surface area contributed by atoms with Crippen LogP contribution in [-0.2, 0) is 0 Å². The van der Waals surface area contributed by atoms with Crippen molar-refractivity contribution in [3.05, 3.63) is 30.5 Å². The molecule has 12 heavy (non-hydrogen) atoms. The van der Waals surface area contributed by atoms with Crippen LogP contribution in [0, 0.1) is 0 Å². The fourth-order valence-electron chi connectivity index (χ4n) is 1.16. The molecule has 0 unspecified atom stereocenters. The van der Waals surface area contributed by atoms with Gasteiger partial charge in [-0.1, -0.05) is 6.07 Å². The number of phenols is 1. The van der Waals surface area contributed by atoms with Crippen LogP contribution in [0.2, 0.25) is 0 Å². The van der Waals surface area contributed by atoms with Gasteiger partial charge in [-0.15, -0.1) is 0 Å². The molecule has 1 aromatic carbocycles. The van der Waals surface area contributed by atoms with Crippen molar-refractivity contribution in [2.75, 3.05) is 0 Å². The van der Waals surface area contributed by atoms with Gasteiger partial charge < -0.3 is 5.11 Å². The van der Waals surface area contributed by atoms with E-state index in [2.05, 4.69) is 4.98 Å². The standard InChI is InChI=1S/C9H6BNO/c10-9-6-2-1-5-11-7(6)3-4-8(9)12/h1-5,12H. The number of phenolic OH excluding ortho intramolecular Hbond substituents is 1. The number of benzene rings is 1. The summed E-state index contributed by atoms with van der Waals surface area (Å²) in [4.78, 5) is 4.09. The lowest BCUT2D eigenvalue weighted by Crippen LogP contribution is -2.04. The minimum Gasteiger partial charge on any atom is -0.509 e. The van der Waals surface area contributed by atoms with Gasteiger partial charge in [-0.3, -0.25) is 4.98 Å². The smallest absolute Gasteiger partial charge is 0.119 e. The Morgan fingerprint density at radius 3 is 2.92 bits per heavy atom. The van der Waals surface area contributed by atoms with Crippen molar-refractivity contribution >= 4 is 24.2 Å². The maximum atomic E-state index is 9.26. The van der Waals surface area contributed by atoms with E-state index in [9.17, 15) is 5.11 Å². The largest absolute Gasteiger partial charge is 0.509 e. The van der Waals surface area contributed by atoms with E-state index >= 15 is 0 Å². The average molecular weight is 155 g/mol.